The van der Waals surface area contributed by atoms with Gasteiger partial charge in [0.15, 0.2) is 0 Å². The van der Waals surface area contributed by atoms with Crippen LogP contribution < -0.4 is 15.1 Å². The van der Waals surface area contributed by atoms with Gasteiger partial charge in [0.2, 0.25) is 22.1 Å². The predicted octanol–water partition coefficient (Wildman–Crippen LogP) is 3.14. The summed E-state index contributed by atoms with van der Waals surface area (Å²) in [4.78, 5) is 28.6. The van der Waals surface area contributed by atoms with Crippen LogP contribution in [-0.4, -0.2) is 41.6 Å². The molecule has 0 radical (unpaired) electrons. The molecule has 2 fully saturated rings. The summed E-state index contributed by atoms with van der Waals surface area (Å²) in [5.41, 5.74) is 3.08. The molecule has 2 aliphatic heterocycles. The molecule has 2 amide bonds. The topological polar surface area (TPSA) is 78.4 Å². The molecule has 28 heavy (non-hydrogen) atoms. The maximum Gasteiger partial charge on any atom is 0.229 e. The molecule has 1 aromatic carbocycles. The normalized spacial score (nSPS) is 19.9. The van der Waals surface area contributed by atoms with Gasteiger partial charge in [0.25, 0.3) is 0 Å². The average molecular weight is 400 g/mol. The van der Waals surface area contributed by atoms with E-state index in [4.69, 9.17) is 0 Å². The van der Waals surface area contributed by atoms with E-state index in [-0.39, 0.29) is 17.7 Å². The minimum absolute atomic E-state index is 0.0536. The number of hydrogen-bond acceptors (Lipinski definition) is 6. The number of rotatable bonds is 4. The van der Waals surface area contributed by atoms with E-state index in [0.29, 0.717) is 24.6 Å². The van der Waals surface area contributed by atoms with Crippen molar-refractivity contribution in [3.8, 4) is 0 Å². The molecule has 1 atom stereocenters. The molecule has 7 nitrogen and oxygen atoms in total. The summed E-state index contributed by atoms with van der Waals surface area (Å²) in [7, 11) is 0. The van der Waals surface area contributed by atoms with Crippen LogP contribution in [0.3, 0.4) is 0 Å². The Hall–Kier alpha value is -2.48. The number of amides is 2. The van der Waals surface area contributed by atoms with Crippen LogP contribution in [-0.2, 0) is 9.59 Å². The van der Waals surface area contributed by atoms with Crippen molar-refractivity contribution in [2.75, 3.05) is 34.8 Å². The fraction of sp³-hybridized carbons (Fsp3) is 0.500. The Morgan fingerprint density at radius 1 is 1.18 bits per heavy atom. The fourth-order valence-corrected chi connectivity index (χ4v) is 4.69. The highest BCUT2D eigenvalue weighted by Crippen LogP contribution is 2.32. The van der Waals surface area contributed by atoms with E-state index in [0.717, 1.165) is 47.8 Å². The summed E-state index contributed by atoms with van der Waals surface area (Å²) in [6.07, 6.45) is 3.25. The molecule has 1 unspecified atom stereocenters. The zero-order valence-electron chi connectivity index (χ0n) is 16.3. The summed E-state index contributed by atoms with van der Waals surface area (Å²) >= 11 is 1.44. The largest absolute Gasteiger partial charge is 0.346 e. The lowest BCUT2D eigenvalue weighted by atomic mass is 9.97. The van der Waals surface area contributed by atoms with Crippen molar-refractivity contribution >= 4 is 39.1 Å². The smallest absolute Gasteiger partial charge is 0.229 e. The molecule has 0 saturated carbocycles. The van der Waals surface area contributed by atoms with E-state index < -0.39 is 0 Å². The van der Waals surface area contributed by atoms with Gasteiger partial charge in [-0.1, -0.05) is 23.5 Å². The van der Waals surface area contributed by atoms with Crippen LogP contribution in [0.1, 0.15) is 36.8 Å². The molecule has 2 saturated heterocycles. The lowest BCUT2D eigenvalue weighted by Crippen LogP contribution is -2.40. The second kappa shape index (κ2) is 7.87. The SMILES string of the molecule is Cc1ccc(C)c(NC(=O)C2CCCN(c3nnc(N4CCCC4=O)s3)C2)c1. The molecule has 1 aromatic heterocycles. The van der Waals surface area contributed by atoms with E-state index >= 15 is 0 Å². The number of carbonyl (C=O) groups is 2. The molecule has 8 heteroatoms. The predicted molar refractivity (Wildman–Crippen MR) is 111 cm³/mol. The molecule has 148 valence electrons. The number of piperidine rings is 1. The van der Waals surface area contributed by atoms with Gasteiger partial charge >= 0.3 is 0 Å². The van der Waals surface area contributed by atoms with Gasteiger partial charge in [0.1, 0.15) is 0 Å². The molecular formula is C20H25N5O2S. The van der Waals surface area contributed by atoms with E-state index in [2.05, 4.69) is 20.4 Å². The number of benzene rings is 1. The van der Waals surface area contributed by atoms with E-state index in [9.17, 15) is 9.59 Å². The monoisotopic (exact) mass is 399 g/mol. The molecule has 4 rings (SSSR count). The Morgan fingerprint density at radius 3 is 2.79 bits per heavy atom. The van der Waals surface area contributed by atoms with Crippen molar-refractivity contribution in [1.82, 2.24) is 10.2 Å². The summed E-state index contributed by atoms with van der Waals surface area (Å²) < 4.78 is 0. The van der Waals surface area contributed by atoms with Crippen molar-refractivity contribution in [2.24, 2.45) is 5.92 Å². The Bertz CT molecular complexity index is 896. The number of nitrogens with zero attached hydrogens (tertiary/aromatic N) is 4. The molecule has 3 heterocycles. The van der Waals surface area contributed by atoms with Crippen LogP contribution >= 0.6 is 11.3 Å². The maximum atomic E-state index is 12.8. The summed E-state index contributed by atoms with van der Waals surface area (Å²) in [5.74, 6) is 0.0828. The maximum absolute atomic E-state index is 12.8. The summed E-state index contributed by atoms with van der Waals surface area (Å²) in [6, 6.07) is 6.09. The van der Waals surface area contributed by atoms with Crippen molar-refractivity contribution in [1.29, 1.82) is 0 Å². The Balaban J connectivity index is 1.43. The van der Waals surface area contributed by atoms with E-state index in [1.807, 2.05) is 32.0 Å². The number of anilines is 3. The van der Waals surface area contributed by atoms with E-state index in [1.165, 1.54) is 11.3 Å². The number of aryl methyl sites for hydroxylation is 2. The number of carbonyl (C=O) groups excluding carboxylic acids is 2. The zero-order chi connectivity index (χ0) is 19.7. The lowest BCUT2D eigenvalue weighted by molar-refractivity contribution is -0.120. The Labute approximate surface area is 168 Å². The van der Waals surface area contributed by atoms with Crippen LogP contribution in [0, 0.1) is 19.8 Å². The molecule has 2 aromatic rings. The Morgan fingerprint density at radius 2 is 2.00 bits per heavy atom. The highest BCUT2D eigenvalue weighted by Gasteiger charge is 2.30. The third-order valence-electron chi connectivity index (χ3n) is 5.42. The quantitative estimate of drug-likeness (QED) is 0.855. The van der Waals surface area contributed by atoms with Gasteiger partial charge in [0, 0.05) is 31.7 Å². The van der Waals surface area contributed by atoms with Crippen LogP contribution in [0.5, 0.6) is 0 Å². The van der Waals surface area contributed by atoms with Gasteiger partial charge in [-0.2, -0.15) is 0 Å². The molecule has 0 bridgehead atoms. The third-order valence-corrected chi connectivity index (χ3v) is 6.43. The Kier molecular flexibility index (Phi) is 5.30. The first-order valence-electron chi connectivity index (χ1n) is 9.78. The highest BCUT2D eigenvalue weighted by molar-refractivity contribution is 7.19. The van der Waals surface area contributed by atoms with Gasteiger partial charge in [-0.05, 0) is 50.3 Å². The fourth-order valence-electron chi connectivity index (χ4n) is 3.77. The zero-order valence-corrected chi connectivity index (χ0v) is 17.1. The second-order valence-electron chi connectivity index (χ2n) is 7.61. The third kappa shape index (κ3) is 3.87. The first-order chi connectivity index (χ1) is 13.5. The van der Waals surface area contributed by atoms with Crippen LogP contribution in [0.15, 0.2) is 18.2 Å². The summed E-state index contributed by atoms with van der Waals surface area (Å²) in [6.45, 7) is 6.23. The van der Waals surface area contributed by atoms with Gasteiger partial charge in [-0.3, -0.25) is 14.5 Å². The first kappa shape index (κ1) is 18.9. The van der Waals surface area contributed by atoms with Crippen molar-refractivity contribution < 1.29 is 9.59 Å². The van der Waals surface area contributed by atoms with Gasteiger partial charge in [-0.15, -0.1) is 10.2 Å². The van der Waals surface area contributed by atoms with E-state index in [1.54, 1.807) is 4.90 Å². The number of aromatic nitrogens is 2. The molecular weight excluding hydrogens is 374 g/mol. The molecule has 0 spiro atoms. The standard InChI is InChI=1S/C20H25N5O2S/c1-13-7-8-14(2)16(11-13)21-18(27)15-5-3-9-24(12-15)19-22-23-20(28-19)25-10-4-6-17(25)26/h7-8,11,15H,3-6,9-10,12H2,1-2H3,(H,21,27). The number of hydrogen-bond donors (Lipinski definition) is 1. The summed E-state index contributed by atoms with van der Waals surface area (Å²) in [5, 5.41) is 13.1. The minimum Gasteiger partial charge on any atom is -0.346 e. The van der Waals surface area contributed by atoms with Crippen molar-refractivity contribution in [3.05, 3.63) is 29.3 Å². The van der Waals surface area contributed by atoms with Crippen molar-refractivity contribution in [2.45, 2.75) is 39.5 Å². The second-order valence-corrected chi connectivity index (χ2v) is 8.54. The average Bonchev–Trinajstić information content (AvgIpc) is 3.33. The lowest BCUT2D eigenvalue weighted by Gasteiger charge is -2.31. The molecule has 2 aliphatic rings. The van der Waals surface area contributed by atoms with Crippen LogP contribution in [0.4, 0.5) is 16.0 Å². The highest BCUT2D eigenvalue weighted by atomic mass is 32.1. The van der Waals surface area contributed by atoms with Gasteiger partial charge < -0.3 is 10.2 Å². The van der Waals surface area contributed by atoms with Gasteiger partial charge in [-0.25, -0.2) is 0 Å². The number of nitrogens with one attached hydrogen (secondary N) is 1. The van der Waals surface area contributed by atoms with Crippen LogP contribution in [0.2, 0.25) is 0 Å². The molecule has 0 aliphatic carbocycles. The van der Waals surface area contributed by atoms with Crippen LogP contribution in [0.25, 0.3) is 0 Å². The van der Waals surface area contributed by atoms with Crippen molar-refractivity contribution in [3.63, 3.8) is 0 Å². The molecule has 1 N–H and O–H groups in total. The first-order valence-corrected chi connectivity index (χ1v) is 10.6. The minimum atomic E-state index is -0.0885. The van der Waals surface area contributed by atoms with Gasteiger partial charge in [0.05, 0.1) is 5.92 Å².